The maximum Gasteiger partial charge on any atom is 0.246 e. The smallest absolute Gasteiger partial charge is 0.246 e. The van der Waals surface area contributed by atoms with Gasteiger partial charge < -0.3 is 5.73 Å². The van der Waals surface area contributed by atoms with Crippen LogP contribution in [0.2, 0.25) is 0 Å². The van der Waals surface area contributed by atoms with Crippen molar-refractivity contribution in [1.29, 1.82) is 0 Å². The standard InChI is InChI=1S/C13H19FN2O2S/c1-3-11-5-4-6-16(11)19(17,18)12-8-10(15)7-9(2)13(12)14/h7-8,11H,3-6,15H2,1-2H3. The average molecular weight is 286 g/mol. The lowest BCUT2D eigenvalue weighted by Gasteiger charge is -2.23. The van der Waals surface area contributed by atoms with Crippen LogP contribution in [0.5, 0.6) is 0 Å². The molecule has 0 saturated carbocycles. The molecule has 1 fully saturated rings. The number of halogens is 1. The van der Waals surface area contributed by atoms with E-state index in [9.17, 15) is 12.8 Å². The van der Waals surface area contributed by atoms with Crippen molar-refractivity contribution in [2.45, 2.75) is 44.0 Å². The Morgan fingerprint density at radius 2 is 2.16 bits per heavy atom. The molecular formula is C13H19FN2O2S. The first-order valence-corrected chi connectivity index (χ1v) is 7.89. The summed E-state index contributed by atoms with van der Waals surface area (Å²) in [6.07, 6.45) is 2.39. The van der Waals surface area contributed by atoms with Crippen LogP contribution in [0.25, 0.3) is 0 Å². The predicted molar refractivity (Wildman–Crippen MR) is 72.8 cm³/mol. The quantitative estimate of drug-likeness (QED) is 0.867. The van der Waals surface area contributed by atoms with Crippen molar-refractivity contribution in [3.05, 3.63) is 23.5 Å². The molecule has 0 aliphatic carbocycles. The number of hydrogen-bond donors (Lipinski definition) is 1. The lowest BCUT2D eigenvalue weighted by atomic mass is 10.2. The molecule has 106 valence electrons. The van der Waals surface area contributed by atoms with Gasteiger partial charge in [0, 0.05) is 18.3 Å². The number of sulfonamides is 1. The molecule has 1 unspecified atom stereocenters. The van der Waals surface area contributed by atoms with Crippen molar-refractivity contribution in [3.8, 4) is 0 Å². The van der Waals surface area contributed by atoms with E-state index >= 15 is 0 Å². The molecule has 0 bridgehead atoms. The predicted octanol–water partition coefficient (Wildman–Crippen LogP) is 2.28. The molecule has 4 nitrogen and oxygen atoms in total. The van der Waals surface area contributed by atoms with Crippen LogP contribution >= 0.6 is 0 Å². The zero-order chi connectivity index (χ0) is 14.2. The average Bonchev–Trinajstić information content (AvgIpc) is 2.82. The summed E-state index contributed by atoms with van der Waals surface area (Å²) >= 11 is 0. The summed E-state index contributed by atoms with van der Waals surface area (Å²) in [5.41, 5.74) is 6.16. The monoisotopic (exact) mass is 286 g/mol. The normalized spacial score (nSPS) is 20.9. The molecule has 19 heavy (non-hydrogen) atoms. The van der Waals surface area contributed by atoms with E-state index in [-0.39, 0.29) is 22.2 Å². The second-order valence-electron chi connectivity index (χ2n) is 4.97. The molecule has 2 rings (SSSR count). The van der Waals surface area contributed by atoms with E-state index in [1.807, 2.05) is 6.92 Å². The maximum atomic E-state index is 14.1. The van der Waals surface area contributed by atoms with Gasteiger partial charge >= 0.3 is 0 Å². The second kappa shape index (κ2) is 5.09. The first kappa shape index (κ1) is 14.3. The van der Waals surface area contributed by atoms with Crippen molar-refractivity contribution in [1.82, 2.24) is 4.31 Å². The first-order valence-electron chi connectivity index (χ1n) is 6.45. The molecule has 1 heterocycles. The molecule has 0 amide bonds. The molecule has 1 aromatic carbocycles. The van der Waals surface area contributed by atoms with Crippen LogP contribution in [-0.2, 0) is 10.0 Å². The summed E-state index contributed by atoms with van der Waals surface area (Å²) in [6.45, 7) is 3.92. The third kappa shape index (κ3) is 2.47. The molecule has 1 saturated heterocycles. The Bertz CT molecular complexity index is 587. The summed E-state index contributed by atoms with van der Waals surface area (Å²) in [7, 11) is -3.80. The zero-order valence-electron chi connectivity index (χ0n) is 11.2. The van der Waals surface area contributed by atoms with Gasteiger partial charge in [-0.25, -0.2) is 12.8 Å². The Morgan fingerprint density at radius 1 is 1.47 bits per heavy atom. The highest BCUT2D eigenvalue weighted by Gasteiger charge is 2.36. The lowest BCUT2D eigenvalue weighted by Crippen LogP contribution is -2.35. The van der Waals surface area contributed by atoms with Crippen LogP contribution in [-0.4, -0.2) is 25.3 Å². The lowest BCUT2D eigenvalue weighted by molar-refractivity contribution is 0.377. The topological polar surface area (TPSA) is 63.4 Å². The maximum absolute atomic E-state index is 14.1. The van der Waals surface area contributed by atoms with E-state index in [0.29, 0.717) is 6.54 Å². The fourth-order valence-electron chi connectivity index (χ4n) is 2.61. The van der Waals surface area contributed by atoms with Crippen molar-refractivity contribution in [2.75, 3.05) is 12.3 Å². The van der Waals surface area contributed by atoms with Crippen LogP contribution in [0.1, 0.15) is 31.7 Å². The fraction of sp³-hybridized carbons (Fsp3) is 0.538. The van der Waals surface area contributed by atoms with Gasteiger partial charge in [-0.15, -0.1) is 0 Å². The van der Waals surface area contributed by atoms with Crippen LogP contribution in [0.15, 0.2) is 17.0 Å². The second-order valence-corrected chi connectivity index (χ2v) is 6.83. The molecule has 0 spiro atoms. The van der Waals surface area contributed by atoms with Gasteiger partial charge in [-0.2, -0.15) is 4.31 Å². The van der Waals surface area contributed by atoms with Crippen molar-refractivity contribution in [3.63, 3.8) is 0 Å². The Morgan fingerprint density at radius 3 is 2.79 bits per heavy atom. The molecule has 1 aliphatic rings. The van der Waals surface area contributed by atoms with Gasteiger partial charge in [0.1, 0.15) is 10.7 Å². The highest BCUT2D eigenvalue weighted by atomic mass is 32.2. The summed E-state index contributed by atoms with van der Waals surface area (Å²) < 4.78 is 40.6. The van der Waals surface area contributed by atoms with Crippen molar-refractivity contribution >= 4 is 15.7 Å². The Kier molecular flexibility index (Phi) is 3.82. The van der Waals surface area contributed by atoms with Crippen LogP contribution in [0.4, 0.5) is 10.1 Å². The fourth-order valence-corrected chi connectivity index (χ4v) is 4.55. The van der Waals surface area contributed by atoms with E-state index in [4.69, 9.17) is 5.73 Å². The number of benzene rings is 1. The Hall–Kier alpha value is -1.14. The van der Waals surface area contributed by atoms with Crippen molar-refractivity contribution in [2.24, 2.45) is 0 Å². The third-order valence-corrected chi connectivity index (χ3v) is 5.58. The molecule has 0 radical (unpaired) electrons. The van der Waals surface area contributed by atoms with E-state index in [0.717, 1.165) is 19.3 Å². The van der Waals surface area contributed by atoms with Crippen LogP contribution < -0.4 is 5.73 Å². The molecular weight excluding hydrogens is 267 g/mol. The summed E-state index contributed by atoms with van der Waals surface area (Å²) in [5, 5.41) is 0. The molecule has 1 atom stereocenters. The summed E-state index contributed by atoms with van der Waals surface area (Å²) in [4.78, 5) is -0.301. The number of aryl methyl sites for hydroxylation is 1. The zero-order valence-corrected chi connectivity index (χ0v) is 12.0. The van der Waals surface area contributed by atoms with E-state index in [1.165, 1.54) is 23.4 Å². The van der Waals surface area contributed by atoms with E-state index < -0.39 is 15.8 Å². The molecule has 6 heteroatoms. The number of nitrogen functional groups attached to an aromatic ring is 1. The van der Waals surface area contributed by atoms with Gasteiger partial charge in [0.25, 0.3) is 0 Å². The number of anilines is 1. The van der Waals surface area contributed by atoms with Gasteiger partial charge in [-0.05, 0) is 43.9 Å². The number of nitrogens with two attached hydrogens (primary N) is 1. The highest BCUT2D eigenvalue weighted by molar-refractivity contribution is 7.89. The SMILES string of the molecule is CCC1CCCN1S(=O)(=O)c1cc(N)cc(C)c1F. The molecule has 1 aliphatic heterocycles. The van der Waals surface area contributed by atoms with Gasteiger partial charge in [-0.3, -0.25) is 0 Å². The van der Waals surface area contributed by atoms with Gasteiger partial charge in [0.2, 0.25) is 10.0 Å². The largest absolute Gasteiger partial charge is 0.399 e. The number of rotatable bonds is 3. The minimum Gasteiger partial charge on any atom is -0.399 e. The summed E-state index contributed by atoms with van der Waals surface area (Å²) in [5.74, 6) is -0.698. The molecule has 2 N–H and O–H groups in total. The third-order valence-electron chi connectivity index (χ3n) is 3.62. The van der Waals surface area contributed by atoms with Gasteiger partial charge in [0.05, 0.1) is 0 Å². The first-order chi connectivity index (χ1) is 8.87. The van der Waals surface area contributed by atoms with E-state index in [2.05, 4.69) is 0 Å². The number of nitrogens with zero attached hydrogens (tertiary/aromatic N) is 1. The van der Waals surface area contributed by atoms with Crippen LogP contribution in [0, 0.1) is 12.7 Å². The highest BCUT2D eigenvalue weighted by Crippen LogP contribution is 2.30. The minimum absolute atomic E-state index is 0.0360. The Balaban J connectivity index is 2.51. The summed E-state index contributed by atoms with van der Waals surface area (Å²) in [6, 6.07) is 2.62. The minimum atomic E-state index is -3.80. The molecule has 1 aromatic rings. The number of hydrogen-bond acceptors (Lipinski definition) is 3. The van der Waals surface area contributed by atoms with E-state index in [1.54, 1.807) is 0 Å². The van der Waals surface area contributed by atoms with Crippen molar-refractivity contribution < 1.29 is 12.8 Å². The molecule has 0 aromatic heterocycles. The Labute approximate surface area is 113 Å². The van der Waals surface area contributed by atoms with Gasteiger partial charge in [0.15, 0.2) is 0 Å². The van der Waals surface area contributed by atoms with Crippen LogP contribution in [0.3, 0.4) is 0 Å². The van der Waals surface area contributed by atoms with Gasteiger partial charge in [-0.1, -0.05) is 6.92 Å².